The van der Waals surface area contributed by atoms with E-state index in [-0.39, 0.29) is 0 Å². The van der Waals surface area contributed by atoms with Crippen molar-refractivity contribution in [1.82, 2.24) is 23.7 Å². The molecule has 0 atom stereocenters. The maximum atomic E-state index is 5.40. The summed E-state index contributed by atoms with van der Waals surface area (Å²) in [5.74, 6) is 0.709. The summed E-state index contributed by atoms with van der Waals surface area (Å²) in [5.41, 5.74) is 14.2. The van der Waals surface area contributed by atoms with Crippen LogP contribution < -0.4 is 0 Å². The number of hydrogen-bond acceptors (Lipinski definition) is 2. The molecule has 0 aliphatic carbocycles. The van der Waals surface area contributed by atoms with Crippen LogP contribution in [0.3, 0.4) is 0 Å². The van der Waals surface area contributed by atoms with Gasteiger partial charge in [0.1, 0.15) is 0 Å². The van der Waals surface area contributed by atoms with Crippen molar-refractivity contribution in [3.05, 3.63) is 237 Å². The van der Waals surface area contributed by atoms with Crippen molar-refractivity contribution in [2.45, 2.75) is 0 Å². The minimum absolute atomic E-state index is 0.709. The van der Waals surface area contributed by atoms with Crippen LogP contribution in [-0.2, 0) is 0 Å². The fraction of sp³-hybridized carbons (Fsp3) is 0. The fourth-order valence-corrected chi connectivity index (χ4v) is 11.3. The lowest BCUT2D eigenvalue weighted by Crippen LogP contribution is -1.99. The molecule has 0 aliphatic rings. The summed E-state index contributed by atoms with van der Waals surface area (Å²) in [4.78, 5) is 10.7. The topological polar surface area (TPSA) is 40.6 Å². The van der Waals surface area contributed by atoms with E-state index in [0.29, 0.717) is 5.82 Å². The van der Waals surface area contributed by atoms with E-state index in [9.17, 15) is 0 Å². The average Bonchev–Trinajstić information content (AvgIpc) is 4.05. The lowest BCUT2D eigenvalue weighted by Gasteiger charge is -2.14. The van der Waals surface area contributed by atoms with E-state index in [1.54, 1.807) is 0 Å². The zero-order valence-electron chi connectivity index (χ0n) is 37.3. The monoisotopic (exact) mass is 877 g/mol. The minimum atomic E-state index is 0.709. The second-order valence-corrected chi connectivity index (χ2v) is 18.2. The largest absolute Gasteiger partial charge is 0.309 e. The first kappa shape index (κ1) is 37.9. The highest BCUT2D eigenvalue weighted by Gasteiger charge is 2.20. The van der Waals surface area contributed by atoms with E-state index in [4.69, 9.17) is 9.97 Å². The summed E-state index contributed by atoms with van der Waals surface area (Å²) in [5, 5.41) is 13.0. The van der Waals surface area contributed by atoms with Crippen LogP contribution in [0.15, 0.2) is 237 Å². The number of hydrogen-bond donors (Lipinski definition) is 0. The van der Waals surface area contributed by atoms with Gasteiger partial charge in [-0.05, 0) is 89.0 Å². The Balaban J connectivity index is 0.966. The first-order valence-electron chi connectivity index (χ1n) is 23.6. The second kappa shape index (κ2) is 14.6. The summed E-state index contributed by atoms with van der Waals surface area (Å²) in [7, 11) is 0. The van der Waals surface area contributed by atoms with Crippen LogP contribution in [0.25, 0.3) is 138 Å². The van der Waals surface area contributed by atoms with Gasteiger partial charge < -0.3 is 13.7 Å². The van der Waals surface area contributed by atoms with Gasteiger partial charge in [0.2, 0.25) is 0 Å². The van der Waals surface area contributed by atoms with E-state index in [2.05, 4.69) is 250 Å². The molecule has 0 fully saturated rings. The van der Waals surface area contributed by atoms with Crippen molar-refractivity contribution in [2.24, 2.45) is 0 Å². The SMILES string of the molecule is c1ccc2cc(-c3nc(-c4ccc(-n5c6cc(-n7c8ccccc8c8ccccc87)ccc6c6ccc(-n7c8ccccc8c8ccccc87)cc65)cc4)c4ccc5ccccc5c4n3)ccc2c1. The Morgan fingerprint density at radius 1 is 0.246 bits per heavy atom. The van der Waals surface area contributed by atoms with E-state index in [1.807, 2.05) is 0 Å². The molecular formula is C64H39N5. The Labute approximate surface area is 396 Å². The number of para-hydroxylation sites is 4. The van der Waals surface area contributed by atoms with Crippen LogP contribution in [0.4, 0.5) is 0 Å². The Morgan fingerprint density at radius 2 is 0.652 bits per heavy atom. The van der Waals surface area contributed by atoms with Crippen molar-refractivity contribution < 1.29 is 0 Å². The summed E-state index contributed by atoms with van der Waals surface area (Å²) in [6.07, 6.45) is 0. The quantitative estimate of drug-likeness (QED) is 0.162. The number of nitrogens with zero attached hydrogens (tertiary/aromatic N) is 5. The average molecular weight is 878 g/mol. The Morgan fingerprint density at radius 3 is 1.22 bits per heavy atom. The summed E-state index contributed by atoms with van der Waals surface area (Å²) in [6, 6.07) is 85.8. The van der Waals surface area contributed by atoms with Gasteiger partial charge in [-0.15, -0.1) is 0 Å². The molecule has 0 unspecified atom stereocenters. The molecule has 4 heterocycles. The van der Waals surface area contributed by atoms with Gasteiger partial charge >= 0.3 is 0 Å². The number of benzene rings is 11. The third kappa shape index (κ3) is 5.65. The van der Waals surface area contributed by atoms with Gasteiger partial charge in [-0.3, -0.25) is 0 Å². The van der Waals surface area contributed by atoms with E-state index < -0.39 is 0 Å². The molecule has 0 bridgehead atoms. The van der Waals surface area contributed by atoms with Crippen molar-refractivity contribution in [3.63, 3.8) is 0 Å². The molecule has 0 spiro atoms. The van der Waals surface area contributed by atoms with Crippen molar-refractivity contribution >= 4 is 97.9 Å². The summed E-state index contributed by atoms with van der Waals surface area (Å²) in [6.45, 7) is 0. The smallest absolute Gasteiger partial charge is 0.160 e. The second-order valence-electron chi connectivity index (χ2n) is 18.2. The molecule has 11 aromatic carbocycles. The number of rotatable bonds is 5. The van der Waals surface area contributed by atoms with Gasteiger partial charge in [0.25, 0.3) is 0 Å². The highest BCUT2D eigenvalue weighted by Crippen LogP contribution is 2.41. The van der Waals surface area contributed by atoms with Gasteiger partial charge in [0.05, 0.1) is 44.3 Å². The van der Waals surface area contributed by atoms with Crippen LogP contribution in [0, 0.1) is 0 Å². The third-order valence-corrected chi connectivity index (χ3v) is 14.4. The Kier molecular flexibility index (Phi) is 8.00. The van der Waals surface area contributed by atoms with Gasteiger partial charge in [0.15, 0.2) is 5.82 Å². The predicted octanol–water partition coefficient (Wildman–Crippen LogP) is 16.6. The molecule has 0 aliphatic heterocycles. The molecule has 0 saturated carbocycles. The predicted molar refractivity (Wildman–Crippen MR) is 288 cm³/mol. The third-order valence-electron chi connectivity index (χ3n) is 14.4. The molecule has 69 heavy (non-hydrogen) atoms. The minimum Gasteiger partial charge on any atom is -0.309 e. The molecule has 5 heteroatoms. The van der Waals surface area contributed by atoms with Gasteiger partial charge in [-0.1, -0.05) is 164 Å². The lowest BCUT2D eigenvalue weighted by molar-refractivity contribution is 1.14. The van der Waals surface area contributed by atoms with Gasteiger partial charge in [-0.2, -0.15) is 0 Å². The van der Waals surface area contributed by atoms with Gasteiger partial charge in [-0.25, -0.2) is 9.97 Å². The highest BCUT2D eigenvalue weighted by molar-refractivity contribution is 6.14. The molecule has 0 amide bonds. The zero-order chi connectivity index (χ0) is 45.2. The summed E-state index contributed by atoms with van der Waals surface area (Å²) >= 11 is 0. The molecule has 4 aromatic heterocycles. The van der Waals surface area contributed by atoms with Gasteiger partial charge in [0, 0.05) is 71.3 Å². The molecule has 0 radical (unpaired) electrons. The van der Waals surface area contributed by atoms with Crippen LogP contribution in [0.1, 0.15) is 0 Å². The fourth-order valence-electron chi connectivity index (χ4n) is 11.3. The standard InChI is InChI=1S/C64H39N5/c1-2-15-43-37-44(26-25-40(43)13-1)64-65-62(55-34-29-41-14-3-4-16-48(41)63(55)66-64)42-27-30-45(31-28-42)67-60-38-46(68-56-21-9-5-17-49(56)50-18-6-10-22-57(50)68)32-35-53(60)54-36-33-47(39-61(54)67)69-58-23-11-7-19-51(58)52-20-8-12-24-59(52)69/h1-39H. The van der Waals surface area contributed by atoms with Crippen LogP contribution >= 0.6 is 0 Å². The first-order valence-corrected chi connectivity index (χ1v) is 23.6. The van der Waals surface area contributed by atoms with E-state index in [0.717, 1.165) is 72.0 Å². The Bertz CT molecular complexity index is 4330. The van der Waals surface area contributed by atoms with E-state index >= 15 is 0 Å². The van der Waals surface area contributed by atoms with Crippen LogP contribution in [0.5, 0.6) is 0 Å². The molecule has 0 N–H and O–H groups in total. The van der Waals surface area contributed by atoms with Crippen molar-refractivity contribution in [2.75, 3.05) is 0 Å². The summed E-state index contributed by atoms with van der Waals surface area (Å²) < 4.78 is 7.28. The van der Waals surface area contributed by atoms with Crippen LogP contribution in [0.2, 0.25) is 0 Å². The molecule has 5 nitrogen and oxygen atoms in total. The maximum absolute atomic E-state index is 5.40. The van der Waals surface area contributed by atoms with E-state index in [1.165, 1.54) is 59.8 Å². The van der Waals surface area contributed by atoms with Crippen molar-refractivity contribution in [1.29, 1.82) is 0 Å². The lowest BCUT2D eigenvalue weighted by atomic mass is 10.0. The molecular weight excluding hydrogens is 839 g/mol. The maximum Gasteiger partial charge on any atom is 0.160 e. The van der Waals surface area contributed by atoms with Crippen LogP contribution in [-0.4, -0.2) is 23.7 Å². The Hall–Kier alpha value is -9.32. The number of fused-ring (bicyclic) bond motifs is 13. The molecule has 15 aromatic rings. The molecule has 15 rings (SSSR count). The normalized spacial score (nSPS) is 12.1. The molecule has 0 saturated heterocycles. The highest BCUT2D eigenvalue weighted by atomic mass is 15.0. The number of aromatic nitrogens is 5. The van der Waals surface area contributed by atoms with Crippen molar-refractivity contribution in [3.8, 4) is 39.7 Å². The zero-order valence-corrected chi connectivity index (χ0v) is 37.3. The molecule has 320 valence electrons. The first-order chi connectivity index (χ1) is 34.2.